The van der Waals surface area contributed by atoms with E-state index in [1.54, 1.807) is 0 Å². The Kier molecular flexibility index (Phi) is 4.78. The molecule has 0 aromatic carbocycles. The zero-order valence-electron chi connectivity index (χ0n) is 10.0. The highest BCUT2D eigenvalue weighted by atomic mass is 16.1. The fourth-order valence-electron chi connectivity index (χ4n) is 2.19. The molecule has 0 heterocycles. The van der Waals surface area contributed by atoms with Crippen molar-refractivity contribution in [2.75, 3.05) is 0 Å². The van der Waals surface area contributed by atoms with Gasteiger partial charge in [-0.15, -0.1) is 0 Å². The standard InChI is InChI=1S/C11H22N2O2/c1-7(2)11(8(3)4,5-9(12)14)6-10(13)15/h7-8H,5-6H2,1-4H3,(H2,12,14)(H2,13,15). The number of nitrogens with two attached hydrogens (primary N) is 2. The Morgan fingerprint density at radius 1 is 0.933 bits per heavy atom. The lowest BCUT2D eigenvalue weighted by Crippen LogP contribution is -2.40. The first kappa shape index (κ1) is 13.9. The normalized spacial score (nSPS) is 12.1. The molecule has 2 amide bonds. The van der Waals surface area contributed by atoms with E-state index in [4.69, 9.17) is 11.5 Å². The van der Waals surface area contributed by atoms with E-state index in [9.17, 15) is 9.59 Å². The minimum Gasteiger partial charge on any atom is -0.370 e. The van der Waals surface area contributed by atoms with Gasteiger partial charge in [0.05, 0.1) is 0 Å². The van der Waals surface area contributed by atoms with Crippen LogP contribution in [-0.2, 0) is 9.59 Å². The largest absolute Gasteiger partial charge is 0.370 e. The smallest absolute Gasteiger partial charge is 0.218 e. The average Bonchev–Trinajstić information content (AvgIpc) is 1.99. The monoisotopic (exact) mass is 214 g/mol. The summed E-state index contributed by atoms with van der Waals surface area (Å²) in [5.41, 5.74) is 10.1. The molecule has 0 saturated carbocycles. The topological polar surface area (TPSA) is 86.2 Å². The molecular weight excluding hydrogens is 192 g/mol. The summed E-state index contributed by atoms with van der Waals surface area (Å²) in [6, 6.07) is 0. The first-order valence-electron chi connectivity index (χ1n) is 5.29. The predicted molar refractivity (Wildman–Crippen MR) is 59.7 cm³/mol. The molecule has 0 aromatic rings. The highest BCUT2D eigenvalue weighted by molar-refractivity contribution is 5.78. The summed E-state index contributed by atoms with van der Waals surface area (Å²) in [6.45, 7) is 7.97. The number of carbonyl (C=O) groups is 2. The molecule has 4 N–H and O–H groups in total. The zero-order chi connectivity index (χ0) is 12.2. The Morgan fingerprint density at radius 2 is 1.20 bits per heavy atom. The van der Waals surface area contributed by atoms with Crippen molar-refractivity contribution < 1.29 is 9.59 Å². The quantitative estimate of drug-likeness (QED) is 0.692. The van der Waals surface area contributed by atoms with Crippen molar-refractivity contribution in [2.24, 2.45) is 28.7 Å². The van der Waals surface area contributed by atoms with Crippen molar-refractivity contribution in [1.29, 1.82) is 0 Å². The fourth-order valence-corrected chi connectivity index (χ4v) is 2.19. The molecule has 0 aliphatic carbocycles. The Balaban J connectivity index is 5.07. The molecule has 0 atom stereocenters. The van der Waals surface area contributed by atoms with Gasteiger partial charge in [0.25, 0.3) is 0 Å². The molecule has 4 nitrogen and oxygen atoms in total. The molecule has 0 saturated heterocycles. The van der Waals surface area contributed by atoms with Gasteiger partial charge >= 0.3 is 0 Å². The maximum atomic E-state index is 11.1. The number of hydrogen-bond donors (Lipinski definition) is 2. The van der Waals surface area contributed by atoms with Crippen LogP contribution in [0.4, 0.5) is 0 Å². The summed E-state index contributed by atoms with van der Waals surface area (Å²) in [6.07, 6.45) is 0.427. The summed E-state index contributed by atoms with van der Waals surface area (Å²) < 4.78 is 0. The maximum absolute atomic E-state index is 11.1. The summed E-state index contributed by atoms with van der Waals surface area (Å²) in [7, 11) is 0. The molecule has 0 bridgehead atoms. The van der Waals surface area contributed by atoms with Gasteiger partial charge in [-0.25, -0.2) is 0 Å². The minimum atomic E-state index is -0.405. The van der Waals surface area contributed by atoms with Crippen LogP contribution >= 0.6 is 0 Å². The van der Waals surface area contributed by atoms with Gasteiger partial charge < -0.3 is 11.5 Å². The van der Waals surface area contributed by atoms with Gasteiger partial charge in [-0.3, -0.25) is 9.59 Å². The van der Waals surface area contributed by atoms with Crippen LogP contribution in [-0.4, -0.2) is 11.8 Å². The Bertz CT molecular complexity index is 221. The van der Waals surface area contributed by atoms with Gasteiger partial charge in [-0.1, -0.05) is 27.7 Å². The summed E-state index contributed by atoms with van der Waals surface area (Å²) in [4.78, 5) is 22.2. The molecule has 0 aliphatic rings. The zero-order valence-corrected chi connectivity index (χ0v) is 10.0. The van der Waals surface area contributed by atoms with Crippen molar-refractivity contribution >= 4 is 11.8 Å². The highest BCUT2D eigenvalue weighted by Crippen LogP contribution is 2.42. The first-order chi connectivity index (χ1) is 6.72. The Morgan fingerprint density at radius 3 is 1.33 bits per heavy atom. The van der Waals surface area contributed by atoms with E-state index in [1.165, 1.54) is 0 Å². The lowest BCUT2D eigenvalue weighted by atomic mass is 9.64. The van der Waals surface area contributed by atoms with Gasteiger partial charge in [-0.05, 0) is 17.3 Å². The van der Waals surface area contributed by atoms with E-state index in [-0.39, 0.29) is 36.5 Å². The van der Waals surface area contributed by atoms with E-state index >= 15 is 0 Å². The SMILES string of the molecule is CC(C)C(CC(N)=O)(CC(N)=O)C(C)C. The molecule has 88 valence electrons. The molecule has 0 rings (SSSR count). The van der Waals surface area contributed by atoms with Crippen LogP contribution in [0, 0.1) is 17.3 Å². The van der Waals surface area contributed by atoms with Crippen LogP contribution in [0.2, 0.25) is 0 Å². The molecular formula is C11H22N2O2. The van der Waals surface area contributed by atoms with Gasteiger partial charge in [-0.2, -0.15) is 0 Å². The molecule has 0 unspecified atom stereocenters. The van der Waals surface area contributed by atoms with E-state index in [0.717, 1.165) is 0 Å². The minimum absolute atomic E-state index is 0.192. The molecule has 0 fully saturated rings. The third kappa shape index (κ3) is 3.53. The molecule has 0 radical (unpaired) electrons. The molecule has 0 spiro atoms. The van der Waals surface area contributed by atoms with Gasteiger partial charge in [0, 0.05) is 12.8 Å². The van der Waals surface area contributed by atoms with Crippen molar-refractivity contribution in [3.63, 3.8) is 0 Å². The molecule has 0 aromatic heterocycles. The predicted octanol–water partition coefficient (Wildman–Crippen LogP) is 1.04. The average molecular weight is 214 g/mol. The van der Waals surface area contributed by atoms with Crippen molar-refractivity contribution in [3.8, 4) is 0 Å². The van der Waals surface area contributed by atoms with E-state index in [2.05, 4.69) is 0 Å². The number of carbonyl (C=O) groups excluding carboxylic acids is 2. The molecule has 15 heavy (non-hydrogen) atoms. The van der Waals surface area contributed by atoms with Gasteiger partial charge in [0.1, 0.15) is 0 Å². The second kappa shape index (κ2) is 5.14. The second-order valence-electron chi connectivity index (χ2n) is 4.83. The van der Waals surface area contributed by atoms with Gasteiger partial charge in [0.15, 0.2) is 0 Å². The first-order valence-corrected chi connectivity index (χ1v) is 5.29. The van der Waals surface area contributed by atoms with Crippen LogP contribution < -0.4 is 11.5 Å². The second-order valence-corrected chi connectivity index (χ2v) is 4.83. The van der Waals surface area contributed by atoms with Gasteiger partial charge in [0.2, 0.25) is 11.8 Å². The fraction of sp³-hybridized carbons (Fsp3) is 0.818. The number of rotatable bonds is 6. The van der Waals surface area contributed by atoms with Crippen LogP contribution in [0.1, 0.15) is 40.5 Å². The van der Waals surface area contributed by atoms with Crippen molar-refractivity contribution in [1.82, 2.24) is 0 Å². The van der Waals surface area contributed by atoms with Crippen molar-refractivity contribution in [3.05, 3.63) is 0 Å². The lowest BCUT2D eigenvalue weighted by molar-refractivity contribution is -0.126. The number of primary amides is 2. The van der Waals surface area contributed by atoms with Crippen LogP contribution in [0.5, 0.6) is 0 Å². The Hall–Kier alpha value is -1.06. The Labute approximate surface area is 91.4 Å². The van der Waals surface area contributed by atoms with Crippen LogP contribution in [0.15, 0.2) is 0 Å². The number of amides is 2. The van der Waals surface area contributed by atoms with E-state index < -0.39 is 5.41 Å². The molecule has 0 aliphatic heterocycles. The van der Waals surface area contributed by atoms with Crippen LogP contribution in [0.25, 0.3) is 0 Å². The maximum Gasteiger partial charge on any atom is 0.218 e. The third-order valence-electron chi connectivity index (χ3n) is 3.31. The molecule has 4 heteroatoms. The number of hydrogen-bond acceptors (Lipinski definition) is 2. The lowest BCUT2D eigenvalue weighted by Gasteiger charge is -2.39. The summed E-state index contributed by atoms with van der Waals surface area (Å²) in [5.74, 6) is -0.368. The summed E-state index contributed by atoms with van der Waals surface area (Å²) in [5, 5.41) is 0. The van der Waals surface area contributed by atoms with Crippen LogP contribution in [0.3, 0.4) is 0 Å². The third-order valence-corrected chi connectivity index (χ3v) is 3.31. The van der Waals surface area contributed by atoms with Crippen molar-refractivity contribution in [2.45, 2.75) is 40.5 Å². The highest BCUT2D eigenvalue weighted by Gasteiger charge is 2.39. The van der Waals surface area contributed by atoms with E-state index in [1.807, 2.05) is 27.7 Å². The van der Waals surface area contributed by atoms with E-state index in [0.29, 0.717) is 0 Å². The summed E-state index contributed by atoms with van der Waals surface area (Å²) >= 11 is 0.